The van der Waals surface area contributed by atoms with E-state index in [2.05, 4.69) is 98.9 Å². The average Bonchev–Trinajstić information content (AvgIpc) is 3.28. The summed E-state index contributed by atoms with van der Waals surface area (Å²) < 4.78 is 33.6. The minimum atomic E-state index is -4.29. The molecule has 0 aromatic heterocycles. The molecule has 63 heavy (non-hydrogen) atoms. The molecule has 2 unspecified atom stereocenters. The lowest BCUT2D eigenvalue weighted by molar-refractivity contribution is -0.154. The van der Waals surface area contributed by atoms with E-state index in [9.17, 15) is 14.3 Å². The predicted molar refractivity (Wildman–Crippen MR) is 270 cm³/mol. The third-order valence-corrected chi connectivity index (χ3v) is 11.5. The van der Waals surface area contributed by atoms with Gasteiger partial charge < -0.3 is 20.1 Å². The summed E-state index contributed by atoms with van der Waals surface area (Å²) >= 11 is 0. The van der Waals surface area contributed by atoms with E-state index < -0.39 is 13.9 Å². The number of hydrogen-bond acceptors (Lipinski definition) is 7. The molecule has 0 saturated heterocycles. The fraction of sp³-hybridized carbons (Fsp3) is 0.722. The Kier molecular flexibility index (Phi) is 48.8. The normalized spacial score (nSPS) is 14.0. The van der Waals surface area contributed by atoms with Crippen LogP contribution in [0.5, 0.6) is 0 Å². The summed E-state index contributed by atoms with van der Waals surface area (Å²) in [5.41, 5.74) is 5.39. The van der Waals surface area contributed by atoms with Crippen LogP contribution >= 0.6 is 7.82 Å². The van der Waals surface area contributed by atoms with Gasteiger partial charge in [0.25, 0.3) is 0 Å². The Bertz CT molecular complexity index is 1240. The van der Waals surface area contributed by atoms with Crippen LogP contribution in [-0.4, -0.2) is 49.9 Å². The molecule has 0 bridgehead atoms. The number of hydrogen-bond donors (Lipinski definition) is 2. The van der Waals surface area contributed by atoms with E-state index in [4.69, 9.17) is 24.3 Å². The van der Waals surface area contributed by atoms with Crippen molar-refractivity contribution in [1.29, 1.82) is 0 Å². The highest BCUT2D eigenvalue weighted by Gasteiger charge is 2.25. The Hall–Kier alpha value is -2.32. The Morgan fingerprint density at radius 3 is 1.33 bits per heavy atom. The van der Waals surface area contributed by atoms with Gasteiger partial charge in [0.15, 0.2) is 0 Å². The van der Waals surface area contributed by atoms with Gasteiger partial charge in [-0.1, -0.05) is 202 Å². The number of phosphoric acid groups is 1. The summed E-state index contributed by atoms with van der Waals surface area (Å²) in [6, 6.07) is 0. The topological polar surface area (TPSA) is 117 Å². The first-order valence-electron chi connectivity index (χ1n) is 25.6. The van der Waals surface area contributed by atoms with Gasteiger partial charge in [0.1, 0.15) is 6.10 Å². The van der Waals surface area contributed by atoms with E-state index >= 15 is 0 Å². The van der Waals surface area contributed by atoms with Crippen LogP contribution in [0.2, 0.25) is 0 Å². The maximum Gasteiger partial charge on any atom is 0.472 e. The number of unbranched alkanes of at least 4 members (excludes halogenated alkanes) is 21. The zero-order valence-corrected chi connectivity index (χ0v) is 41.4. The van der Waals surface area contributed by atoms with E-state index in [0.717, 1.165) is 77.0 Å². The van der Waals surface area contributed by atoms with Gasteiger partial charge in [-0.2, -0.15) is 0 Å². The molecule has 0 aromatic rings. The SMILES string of the molecule is CC/C=C\C/C=C\C/C=C\C/C=C\C/C=C\CCCCCCCCCCCC(=O)OC(COCCCCCCCCCC/C=C\C/C=C\CCCCCC)COP(=O)(O)OCCN. The molecule has 8 nitrogen and oxygen atoms in total. The molecule has 0 aliphatic rings. The standard InChI is InChI=1S/C54H96NO7P/c1-3-5-7-9-11-13-15-17-19-21-23-24-25-26-27-28-29-31-33-35-37-39-41-43-45-47-54(56)62-53(52-61-63(57,58)60-50-48-55)51-59-49-46-44-42-40-38-36-34-32-30-22-20-18-16-14-12-10-8-6-4-2/h5,7,11,13-14,16-17,19-20,22-24,26-27,53H,3-4,6,8-10,12,15,18,21,25,28-52,55H2,1-2H3,(H,57,58)/b7-5-,13-11-,16-14-,19-17-,22-20-,24-23-,27-26-. The lowest BCUT2D eigenvalue weighted by Crippen LogP contribution is -2.28. The number of phosphoric ester groups is 1. The van der Waals surface area contributed by atoms with Crippen molar-refractivity contribution in [2.75, 3.05) is 33.0 Å². The van der Waals surface area contributed by atoms with Crippen molar-refractivity contribution >= 4 is 13.8 Å². The fourth-order valence-corrected chi connectivity index (χ4v) is 7.58. The summed E-state index contributed by atoms with van der Waals surface area (Å²) in [6.45, 7) is 4.77. The predicted octanol–water partition coefficient (Wildman–Crippen LogP) is 16.0. The lowest BCUT2D eigenvalue weighted by atomic mass is 10.1. The molecule has 0 amide bonds. The quantitative estimate of drug-likeness (QED) is 0.0268. The van der Waals surface area contributed by atoms with Gasteiger partial charge in [0.2, 0.25) is 0 Å². The number of carbonyl (C=O) groups is 1. The molecule has 0 aliphatic heterocycles. The van der Waals surface area contributed by atoms with Crippen LogP contribution in [0.15, 0.2) is 85.1 Å². The highest BCUT2D eigenvalue weighted by atomic mass is 31.2. The number of ether oxygens (including phenoxy) is 2. The summed E-state index contributed by atoms with van der Waals surface area (Å²) in [4.78, 5) is 22.6. The van der Waals surface area contributed by atoms with Gasteiger partial charge in [-0.15, -0.1) is 0 Å². The van der Waals surface area contributed by atoms with Gasteiger partial charge in [0.05, 0.1) is 19.8 Å². The second-order valence-corrected chi connectivity index (χ2v) is 18.1. The lowest BCUT2D eigenvalue weighted by Gasteiger charge is -2.20. The Labute approximate surface area is 388 Å². The van der Waals surface area contributed by atoms with Crippen molar-refractivity contribution in [3.05, 3.63) is 85.1 Å². The average molecular weight is 902 g/mol. The first-order valence-corrected chi connectivity index (χ1v) is 27.1. The van der Waals surface area contributed by atoms with Crippen LogP contribution in [0.1, 0.15) is 213 Å². The summed E-state index contributed by atoms with van der Waals surface area (Å²) in [7, 11) is -4.29. The molecule has 9 heteroatoms. The minimum Gasteiger partial charge on any atom is -0.457 e. The molecule has 0 fully saturated rings. The van der Waals surface area contributed by atoms with Crippen LogP contribution in [0.3, 0.4) is 0 Å². The third-order valence-electron chi connectivity index (χ3n) is 10.5. The Morgan fingerprint density at radius 1 is 0.492 bits per heavy atom. The number of allylic oxidation sites excluding steroid dienone is 14. The molecule has 0 spiro atoms. The summed E-state index contributed by atoms with van der Waals surface area (Å²) in [6.07, 6.45) is 66.1. The Balaban J connectivity index is 3.99. The van der Waals surface area contributed by atoms with Gasteiger partial charge in [-0.3, -0.25) is 13.8 Å². The molecule has 0 radical (unpaired) electrons. The second kappa shape index (κ2) is 50.7. The smallest absolute Gasteiger partial charge is 0.457 e. The van der Waals surface area contributed by atoms with Crippen LogP contribution in [0.4, 0.5) is 0 Å². The molecule has 0 saturated carbocycles. The number of nitrogens with two attached hydrogens (primary N) is 1. The molecule has 0 heterocycles. The van der Waals surface area contributed by atoms with E-state index in [1.54, 1.807) is 0 Å². The zero-order valence-electron chi connectivity index (χ0n) is 40.5. The van der Waals surface area contributed by atoms with Gasteiger partial charge >= 0.3 is 13.8 Å². The van der Waals surface area contributed by atoms with E-state index in [1.807, 2.05) is 0 Å². The first kappa shape index (κ1) is 60.7. The first-order chi connectivity index (χ1) is 30.9. The van der Waals surface area contributed by atoms with Crippen molar-refractivity contribution in [3.8, 4) is 0 Å². The van der Waals surface area contributed by atoms with Crippen molar-refractivity contribution < 1.29 is 32.8 Å². The highest BCUT2D eigenvalue weighted by Crippen LogP contribution is 2.43. The number of carbonyl (C=O) groups excluding carboxylic acids is 1. The molecule has 3 N–H and O–H groups in total. The van der Waals surface area contributed by atoms with Crippen LogP contribution in [0.25, 0.3) is 0 Å². The third kappa shape index (κ3) is 50.5. The van der Waals surface area contributed by atoms with Crippen molar-refractivity contribution in [2.45, 2.75) is 219 Å². The van der Waals surface area contributed by atoms with Gasteiger partial charge in [-0.05, 0) is 89.9 Å². The highest BCUT2D eigenvalue weighted by molar-refractivity contribution is 7.47. The largest absolute Gasteiger partial charge is 0.472 e. The van der Waals surface area contributed by atoms with Crippen LogP contribution in [0, 0.1) is 0 Å². The van der Waals surface area contributed by atoms with Crippen molar-refractivity contribution in [1.82, 2.24) is 0 Å². The van der Waals surface area contributed by atoms with Crippen molar-refractivity contribution in [2.24, 2.45) is 5.73 Å². The molecule has 364 valence electrons. The minimum absolute atomic E-state index is 0.0943. The number of rotatable bonds is 48. The van der Waals surface area contributed by atoms with Crippen molar-refractivity contribution in [3.63, 3.8) is 0 Å². The number of esters is 1. The van der Waals surface area contributed by atoms with Gasteiger partial charge in [0, 0.05) is 19.6 Å². The van der Waals surface area contributed by atoms with E-state index in [0.29, 0.717) is 13.0 Å². The van der Waals surface area contributed by atoms with Crippen LogP contribution in [-0.2, 0) is 27.9 Å². The zero-order chi connectivity index (χ0) is 45.8. The maximum atomic E-state index is 12.7. The summed E-state index contributed by atoms with van der Waals surface area (Å²) in [5.74, 6) is -0.341. The van der Waals surface area contributed by atoms with E-state index in [1.165, 1.54) is 116 Å². The maximum absolute atomic E-state index is 12.7. The van der Waals surface area contributed by atoms with Gasteiger partial charge in [-0.25, -0.2) is 4.57 Å². The molecule has 0 aromatic carbocycles. The molecular formula is C54H96NO7P. The second-order valence-electron chi connectivity index (χ2n) is 16.6. The molecule has 2 atom stereocenters. The van der Waals surface area contributed by atoms with Crippen LogP contribution < -0.4 is 5.73 Å². The monoisotopic (exact) mass is 902 g/mol. The molecular weight excluding hydrogens is 806 g/mol. The molecule has 0 aliphatic carbocycles. The fourth-order valence-electron chi connectivity index (χ4n) is 6.82. The summed E-state index contributed by atoms with van der Waals surface area (Å²) in [5, 5.41) is 0. The molecule has 0 rings (SSSR count). The Morgan fingerprint density at radius 2 is 0.889 bits per heavy atom. The van der Waals surface area contributed by atoms with E-state index in [-0.39, 0.29) is 32.3 Å².